The van der Waals surface area contributed by atoms with Crippen molar-refractivity contribution in [2.75, 3.05) is 6.61 Å². The normalized spacial score (nSPS) is 14.5. The van der Waals surface area contributed by atoms with E-state index in [1.807, 2.05) is 0 Å². The van der Waals surface area contributed by atoms with Crippen LogP contribution in [-0.2, 0) is 4.74 Å². The molecule has 0 fully saturated rings. The third-order valence-electron chi connectivity index (χ3n) is 1.15. The van der Waals surface area contributed by atoms with E-state index < -0.39 is 12.3 Å². The zero-order valence-corrected chi connectivity index (χ0v) is 6.32. The fraction of sp³-hybridized carbons (Fsp3) is 0.714. The van der Waals surface area contributed by atoms with Gasteiger partial charge in [0.15, 0.2) is 6.10 Å². The Morgan fingerprint density at radius 3 is 2.36 bits per heavy atom. The number of rotatable bonds is 4. The molecule has 0 N–H and O–H groups in total. The summed E-state index contributed by atoms with van der Waals surface area (Å²) >= 11 is 0. The molecule has 0 saturated heterocycles. The molecule has 0 bridgehead atoms. The molecule has 0 spiro atoms. The summed E-state index contributed by atoms with van der Waals surface area (Å²) in [4.78, 5) is 0. The van der Waals surface area contributed by atoms with Crippen molar-refractivity contribution < 1.29 is 17.9 Å². The number of hydrogen-bond acceptors (Lipinski definition) is 1. The van der Waals surface area contributed by atoms with Gasteiger partial charge in [-0.05, 0) is 6.42 Å². The molecule has 0 aliphatic heterocycles. The summed E-state index contributed by atoms with van der Waals surface area (Å²) in [6, 6.07) is 0. The summed E-state index contributed by atoms with van der Waals surface area (Å²) in [5.74, 6) is 0. The van der Waals surface area contributed by atoms with Crippen molar-refractivity contribution in [3.63, 3.8) is 0 Å². The lowest BCUT2D eigenvalue weighted by Gasteiger charge is -2.17. The summed E-state index contributed by atoms with van der Waals surface area (Å²) in [5.41, 5.74) is 0. The molecule has 0 saturated carbocycles. The van der Waals surface area contributed by atoms with Crippen molar-refractivity contribution in [1.82, 2.24) is 0 Å². The van der Waals surface area contributed by atoms with E-state index in [0.29, 0.717) is 0 Å². The Labute approximate surface area is 63.8 Å². The molecule has 1 unspecified atom stereocenters. The molecule has 1 nitrogen and oxygen atoms in total. The van der Waals surface area contributed by atoms with E-state index in [1.165, 1.54) is 13.0 Å². The van der Waals surface area contributed by atoms with Gasteiger partial charge in [0.1, 0.15) is 0 Å². The van der Waals surface area contributed by atoms with Gasteiger partial charge in [0.2, 0.25) is 0 Å². The van der Waals surface area contributed by atoms with Gasteiger partial charge in [-0.3, -0.25) is 0 Å². The van der Waals surface area contributed by atoms with E-state index in [1.54, 1.807) is 0 Å². The molecule has 1 atom stereocenters. The Balaban J connectivity index is 3.85. The standard InChI is InChI=1S/C7H11F3O/c1-3-5-11-6(4-2)7(8,9)10/h3,6H,1,4-5H2,2H3. The van der Waals surface area contributed by atoms with Crippen LogP contribution in [0, 0.1) is 0 Å². The van der Waals surface area contributed by atoms with Crippen LogP contribution in [0.15, 0.2) is 12.7 Å². The van der Waals surface area contributed by atoms with E-state index in [2.05, 4.69) is 11.3 Å². The summed E-state index contributed by atoms with van der Waals surface area (Å²) in [5, 5.41) is 0. The lowest BCUT2D eigenvalue weighted by Crippen LogP contribution is -2.30. The number of ether oxygens (including phenoxy) is 1. The molecule has 0 radical (unpaired) electrons. The van der Waals surface area contributed by atoms with Gasteiger partial charge in [0.05, 0.1) is 6.61 Å². The third kappa shape index (κ3) is 4.03. The average Bonchev–Trinajstić information content (AvgIpc) is 1.87. The summed E-state index contributed by atoms with van der Waals surface area (Å²) < 4.78 is 40.1. The van der Waals surface area contributed by atoms with E-state index in [4.69, 9.17) is 0 Å². The zero-order valence-electron chi connectivity index (χ0n) is 6.32. The van der Waals surface area contributed by atoms with Crippen molar-refractivity contribution in [3.8, 4) is 0 Å². The number of halogens is 3. The van der Waals surface area contributed by atoms with Crippen LogP contribution in [0.4, 0.5) is 13.2 Å². The molecule has 4 heteroatoms. The van der Waals surface area contributed by atoms with Crippen molar-refractivity contribution in [1.29, 1.82) is 0 Å². The third-order valence-corrected chi connectivity index (χ3v) is 1.15. The molecule has 0 amide bonds. The maximum Gasteiger partial charge on any atom is 0.414 e. The van der Waals surface area contributed by atoms with Gasteiger partial charge < -0.3 is 4.74 Å². The maximum atomic E-state index is 11.9. The molecular formula is C7H11F3O. The van der Waals surface area contributed by atoms with Gasteiger partial charge in [-0.25, -0.2) is 0 Å². The highest BCUT2D eigenvalue weighted by atomic mass is 19.4. The van der Waals surface area contributed by atoms with Gasteiger partial charge in [0.25, 0.3) is 0 Å². The maximum absolute atomic E-state index is 11.9. The van der Waals surface area contributed by atoms with Gasteiger partial charge >= 0.3 is 6.18 Å². The first-order chi connectivity index (χ1) is 5.02. The Bertz CT molecular complexity index is 119. The quantitative estimate of drug-likeness (QED) is 0.586. The first-order valence-electron chi connectivity index (χ1n) is 3.31. The van der Waals surface area contributed by atoms with E-state index in [9.17, 15) is 13.2 Å². The van der Waals surface area contributed by atoms with Gasteiger partial charge in [-0.15, -0.1) is 6.58 Å². The number of alkyl halides is 3. The second-order valence-electron chi connectivity index (χ2n) is 2.06. The molecular weight excluding hydrogens is 157 g/mol. The molecule has 0 aliphatic carbocycles. The smallest absolute Gasteiger partial charge is 0.365 e. The summed E-state index contributed by atoms with van der Waals surface area (Å²) in [6.07, 6.45) is -4.66. The Kier molecular flexibility index (Phi) is 4.18. The highest BCUT2D eigenvalue weighted by Crippen LogP contribution is 2.24. The molecule has 0 rings (SSSR count). The van der Waals surface area contributed by atoms with Crippen LogP contribution in [0.5, 0.6) is 0 Å². The highest BCUT2D eigenvalue weighted by Gasteiger charge is 2.38. The molecule has 11 heavy (non-hydrogen) atoms. The SMILES string of the molecule is C=CCOC(CC)C(F)(F)F. The highest BCUT2D eigenvalue weighted by molar-refractivity contribution is 4.70. The van der Waals surface area contributed by atoms with Crippen molar-refractivity contribution >= 4 is 0 Å². The molecule has 0 heterocycles. The minimum absolute atomic E-state index is 0.0575. The monoisotopic (exact) mass is 168 g/mol. The molecule has 0 aromatic rings. The summed E-state index contributed by atoms with van der Waals surface area (Å²) in [7, 11) is 0. The van der Waals surface area contributed by atoms with Crippen LogP contribution in [0.2, 0.25) is 0 Å². The fourth-order valence-electron chi connectivity index (χ4n) is 0.628. The topological polar surface area (TPSA) is 9.23 Å². The molecule has 0 aliphatic rings. The first-order valence-corrected chi connectivity index (χ1v) is 3.31. The van der Waals surface area contributed by atoms with E-state index >= 15 is 0 Å². The molecule has 0 aromatic heterocycles. The van der Waals surface area contributed by atoms with Crippen molar-refractivity contribution in [2.24, 2.45) is 0 Å². The zero-order chi connectivity index (χ0) is 8.91. The van der Waals surface area contributed by atoms with E-state index in [0.717, 1.165) is 0 Å². The largest absolute Gasteiger partial charge is 0.414 e. The minimum atomic E-state index is -4.25. The second kappa shape index (κ2) is 4.38. The van der Waals surface area contributed by atoms with Crippen molar-refractivity contribution in [3.05, 3.63) is 12.7 Å². The summed E-state index contributed by atoms with van der Waals surface area (Å²) in [6.45, 7) is 4.63. The molecule has 0 aromatic carbocycles. The van der Waals surface area contributed by atoms with E-state index in [-0.39, 0.29) is 13.0 Å². The fourth-order valence-corrected chi connectivity index (χ4v) is 0.628. The lowest BCUT2D eigenvalue weighted by atomic mass is 10.3. The number of hydrogen-bond donors (Lipinski definition) is 0. The average molecular weight is 168 g/mol. The molecule has 66 valence electrons. The van der Waals surface area contributed by atoms with Crippen LogP contribution in [-0.4, -0.2) is 18.9 Å². The van der Waals surface area contributed by atoms with Crippen LogP contribution in [0.3, 0.4) is 0 Å². The van der Waals surface area contributed by atoms with Gasteiger partial charge in [0, 0.05) is 0 Å². The van der Waals surface area contributed by atoms with Gasteiger partial charge in [-0.1, -0.05) is 13.0 Å². The Morgan fingerprint density at radius 2 is 2.09 bits per heavy atom. The first kappa shape index (κ1) is 10.5. The second-order valence-corrected chi connectivity index (χ2v) is 2.06. The Morgan fingerprint density at radius 1 is 1.55 bits per heavy atom. The predicted molar refractivity (Wildman–Crippen MR) is 36.3 cm³/mol. The predicted octanol–water partition coefficient (Wildman–Crippen LogP) is 2.53. The van der Waals surface area contributed by atoms with Crippen LogP contribution < -0.4 is 0 Å². The van der Waals surface area contributed by atoms with Gasteiger partial charge in [-0.2, -0.15) is 13.2 Å². The minimum Gasteiger partial charge on any atom is -0.365 e. The van der Waals surface area contributed by atoms with Crippen LogP contribution >= 0.6 is 0 Å². The lowest BCUT2D eigenvalue weighted by molar-refractivity contribution is -0.217. The van der Waals surface area contributed by atoms with Crippen LogP contribution in [0.25, 0.3) is 0 Å². The Hall–Kier alpha value is -0.510. The van der Waals surface area contributed by atoms with Crippen LogP contribution in [0.1, 0.15) is 13.3 Å². The van der Waals surface area contributed by atoms with Crippen molar-refractivity contribution in [2.45, 2.75) is 25.6 Å².